The maximum Gasteiger partial charge on any atom is 0.346 e. The van der Waals surface area contributed by atoms with Gasteiger partial charge in [-0.15, -0.1) is 0 Å². The van der Waals surface area contributed by atoms with Gasteiger partial charge in [0, 0.05) is 0 Å². The molecule has 0 heterocycles. The summed E-state index contributed by atoms with van der Waals surface area (Å²) in [7, 11) is 0. The molecule has 0 spiro atoms. The minimum atomic E-state index is -1.72. The van der Waals surface area contributed by atoms with Crippen molar-refractivity contribution < 1.29 is 73.7 Å². The quantitative estimate of drug-likeness (QED) is 0.104. The van der Waals surface area contributed by atoms with Crippen LogP contribution in [0.3, 0.4) is 0 Å². The molecule has 0 aliphatic rings. The minimum absolute atomic E-state index is 0.109. The van der Waals surface area contributed by atoms with Crippen LogP contribution in [-0.4, -0.2) is 78.4 Å². The highest BCUT2D eigenvalue weighted by atomic mass is 16.6. The van der Waals surface area contributed by atoms with Crippen LogP contribution in [0.1, 0.15) is 82.9 Å². The lowest BCUT2D eigenvalue weighted by Gasteiger charge is -2.13. The molecular weight excluding hydrogens is 624 g/mol. The number of carboxylic acids is 6. The second kappa shape index (κ2) is 12.8. The summed E-state index contributed by atoms with van der Waals surface area (Å²) >= 11 is 0. The molecule has 4 aromatic carbocycles. The predicted molar refractivity (Wildman–Crippen MR) is 155 cm³/mol. The number of aromatic carboxylic acids is 6. The molecule has 0 atom stereocenters. The molecule has 0 aliphatic heterocycles. The third kappa shape index (κ3) is 6.39. The van der Waals surface area contributed by atoms with Crippen molar-refractivity contribution in [3.63, 3.8) is 0 Å². The second-order valence-corrected chi connectivity index (χ2v) is 9.48. The molecule has 4 aromatic rings. The molecule has 0 bridgehead atoms. The summed E-state index contributed by atoms with van der Waals surface area (Å²) in [5.74, 6) is -12.9. The highest BCUT2D eigenvalue weighted by molar-refractivity contribution is 6.12. The molecule has 4 rings (SSSR count). The average molecular weight is 642 g/mol. The zero-order chi connectivity index (χ0) is 34.7. The molecule has 0 aliphatic carbocycles. The Hall–Kier alpha value is -7.16. The van der Waals surface area contributed by atoms with Gasteiger partial charge in [0.15, 0.2) is 0 Å². The van der Waals surface area contributed by atoms with Crippen LogP contribution in [0.2, 0.25) is 0 Å². The Bertz CT molecular complexity index is 1930. The molecule has 0 unspecified atom stereocenters. The van der Waals surface area contributed by atoms with E-state index >= 15 is 0 Å². The first-order chi connectivity index (χ1) is 22.1. The first-order valence-electron chi connectivity index (χ1n) is 12.8. The van der Waals surface area contributed by atoms with Crippen LogP contribution in [-0.2, 0) is 4.74 Å². The van der Waals surface area contributed by atoms with Crippen LogP contribution < -0.4 is 0 Å². The average Bonchev–Trinajstić information content (AvgIpc) is 3.02. The second-order valence-electron chi connectivity index (χ2n) is 9.48. The lowest BCUT2D eigenvalue weighted by Crippen LogP contribution is -2.19. The van der Waals surface area contributed by atoms with Crippen LogP contribution >= 0.6 is 0 Å². The van der Waals surface area contributed by atoms with Crippen molar-refractivity contribution in [1.82, 2.24) is 0 Å². The van der Waals surface area contributed by atoms with Gasteiger partial charge < -0.3 is 35.4 Å². The summed E-state index contributed by atoms with van der Waals surface area (Å²) in [5.41, 5.74) is -6.04. The van der Waals surface area contributed by atoms with Crippen molar-refractivity contribution in [3.8, 4) is 22.3 Å². The molecule has 15 heteroatoms. The van der Waals surface area contributed by atoms with Gasteiger partial charge in [0.2, 0.25) is 0 Å². The Balaban J connectivity index is 1.73. The number of esters is 2. The molecule has 0 saturated carbocycles. The Kier molecular flexibility index (Phi) is 8.94. The van der Waals surface area contributed by atoms with Crippen LogP contribution in [0.4, 0.5) is 0 Å². The summed E-state index contributed by atoms with van der Waals surface area (Å²) in [6.07, 6.45) is 0. The molecule has 236 valence electrons. The van der Waals surface area contributed by atoms with Crippen molar-refractivity contribution >= 4 is 47.8 Å². The first kappa shape index (κ1) is 32.7. The number of carbonyl (C=O) groups is 8. The fourth-order valence-corrected chi connectivity index (χ4v) is 4.73. The van der Waals surface area contributed by atoms with E-state index in [0.29, 0.717) is 0 Å². The van der Waals surface area contributed by atoms with Crippen LogP contribution in [0.5, 0.6) is 0 Å². The van der Waals surface area contributed by atoms with Gasteiger partial charge in [0.25, 0.3) is 0 Å². The number of carbonyl (C=O) groups excluding carboxylic acids is 2. The number of hydrogen-bond acceptors (Lipinski definition) is 9. The van der Waals surface area contributed by atoms with E-state index < -0.39 is 92.3 Å². The maximum atomic E-state index is 13.0. The fourth-order valence-electron chi connectivity index (χ4n) is 4.73. The van der Waals surface area contributed by atoms with Gasteiger partial charge in [-0.1, -0.05) is 36.4 Å². The highest BCUT2D eigenvalue weighted by Gasteiger charge is 2.28. The van der Waals surface area contributed by atoms with E-state index in [4.69, 9.17) is 4.74 Å². The van der Waals surface area contributed by atoms with Gasteiger partial charge in [-0.3, -0.25) is 0 Å². The van der Waals surface area contributed by atoms with Gasteiger partial charge in [-0.05, 0) is 58.7 Å². The number of benzene rings is 4. The zero-order valence-electron chi connectivity index (χ0n) is 23.3. The molecule has 6 N–H and O–H groups in total. The molecule has 0 saturated heterocycles. The predicted octanol–water partition coefficient (Wildman–Crippen LogP) is 4.21. The summed E-state index contributed by atoms with van der Waals surface area (Å²) < 4.78 is 4.77. The number of carboxylic acid groups (broad SMARTS) is 6. The van der Waals surface area contributed by atoms with Crippen LogP contribution in [0.25, 0.3) is 22.3 Å². The Morgan fingerprint density at radius 3 is 1.02 bits per heavy atom. The standard InChI is InChI=1S/C32H18O15/c33-25(34)19-5-1-3-15(23(19)29(41)42)13-7-9-17(21(11-13)27(37)38)31(45)47-32(46)18-10-8-14(12-22(18)28(39)40)16-4-2-6-20(26(35)36)24(16)30(43)44/h1-12H,(H,33,34)(H,35,36)(H,37,38)(H,39,40)(H,41,42)(H,43,44). The van der Waals surface area contributed by atoms with Gasteiger partial charge in [-0.25, -0.2) is 38.4 Å². The van der Waals surface area contributed by atoms with Crippen molar-refractivity contribution in [2.45, 2.75) is 0 Å². The van der Waals surface area contributed by atoms with E-state index in [1.165, 1.54) is 24.3 Å². The lowest BCUT2D eigenvalue weighted by atomic mass is 9.92. The Morgan fingerprint density at radius 1 is 0.383 bits per heavy atom. The number of rotatable bonds is 10. The van der Waals surface area contributed by atoms with Gasteiger partial charge >= 0.3 is 47.8 Å². The van der Waals surface area contributed by atoms with Crippen molar-refractivity contribution in [1.29, 1.82) is 0 Å². The third-order valence-corrected chi connectivity index (χ3v) is 6.76. The fraction of sp³-hybridized carbons (Fsp3) is 0. The normalized spacial score (nSPS) is 10.5. The lowest BCUT2D eigenvalue weighted by molar-refractivity contribution is 0.0385. The Morgan fingerprint density at radius 2 is 0.723 bits per heavy atom. The number of hydrogen-bond donors (Lipinski definition) is 6. The van der Waals surface area contributed by atoms with Gasteiger partial charge in [-0.2, -0.15) is 0 Å². The minimum Gasteiger partial charge on any atom is -0.478 e. The van der Waals surface area contributed by atoms with Crippen LogP contribution in [0.15, 0.2) is 72.8 Å². The largest absolute Gasteiger partial charge is 0.478 e. The summed E-state index contributed by atoms with van der Waals surface area (Å²) in [6, 6.07) is 12.6. The molecule has 0 aromatic heterocycles. The van der Waals surface area contributed by atoms with E-state index in [2.05, 4.69) is 0 Å². The number of ether oxygens (including phenoxy) is 1. The molecule has 0 radical (unpaired) electrons. The van der Waals surface area contributed by atoms with Crippen molar-refractivity contribution in [2.24, 2.45) is 0 Å². The molecule has 47 heavy (non-hydrogen) atoms. The van der Waals surface area contributed by atoms with E-state index in [-0.39, 0.29) is 22.3 Å². The van der Waals surface area contributed by atoms with Crippen molar-refractivity contribution in [3.05, 3.63) is 117 Å². The molecule has 0 amide bonds. The topological polar surface area (TPSA) is 267 Å². The van der Waals surface area contributed by atoms with E-state index in [1.54, 1.807) is 0 Å². The smallest absolute Gasteiger partial charge is 0.346 e. The molecule has 0 fully saturated rings. The Labute approximate surface area is 261 Å². The van der Waals surface area contributed by atoms with Crippen molar-refractivity contribution in [2.75, 3.05) is 0 Å². The third-order valence-electron chi connectivity index (χ3n) is 6.76. The first-order valence-corrected chi connectivity index (χ1v) is 12.8. The summed E-state index contributed by atoms with van der Waals surface area (Å²) in [6.45, 7) is 0. The SMILES string of the molecule is O=C(O)c1cc(-c2cccc(C(=O)O)c2C(=O)O)ccc1C(=O)OC(=O)c1ccc(-c2cccc(C(=O)O)c2C(=O)O)cc1C(=O)O. The molecule has 15 nitrogen and oxygen atoms in total. The van der Waals surface area contributed by atoms with Gasteiger partial charge in [0.05, 0.1) is 44.5 Å². The van der Waals surface area contributed by atoms with E-state index in [9.17, 15) is 69.0 Å². The zero-order valence-corrected chi connectivity index (χ0v) is 23.3. The maximum absolute atomic E-state index is 13.0. The van der Waals surface area contributed by atoms with E-state index in [0.717, 1.165) is 48.5 Å². The highest BCUT2D eigenvalue weighted by Crippen LogP contribution is 2.31. The summed E-state index contributed by atoms with van der Waals surface area (Å²) in [5, 5.41) is 57.5. The summed E-state index contributed by atoms with van der Waals surface area (Å²) in [4.78, 5) is 96.9. The monoisotopic (exact) mass is 642 g/mol. The van der Waals surface area contributed by atoms with Crippen LogP contribution in [0, 0.1) is 0 Å². The van der Waals surface area contributed by atoms with Gasteiger partial charge in [0.1, 0.15) is 0 Å². The van der Waals surface area contributed by atoms with E-state index in [1.807, 2.05) is 0 Å². The molecular formula is C32H18O15.